The third-order valence-electron chi connectivity index (χ3n) is 6.31. The molecular weight excluding hydrogens is 508 g/mol. The zero-order chi connectivity index (χ0) is 28.5. The number of alkyl halides is 1. The molecule has 1 aliphatic rings. The number of pyridine rings is 2. The maximum atomic E-state index is 15.1. The van der Waals surface area contributed by atoms with Crippen LogP contribution in [0.1, 0.15) is 44.7 Å². The van der Waals surface area contributed by atoms with Gasteiger partial charge in [-0.3, -0.25) is 14.4 Å². The van der Waals surface area contributed by atoms with Gasteiger partial charge in [0.1, 0.15) is 17.7 Å². The van der Waals surface area contributed by atoms with E-state index in [-0.39, 0.29) is 27.9 Å². The lowest BCUT2D eigenvalue weighted by Gasteiger charge is -2.20. The number of anilines is 1. The number of benzene rings is 1. The van der Waals surface area contributed by atoms with E-state index in [4.69, 9.17) is 0 Å². The molecular formula is C28H29F2N5O4. The summed E-state index contributed by atoms with van der Waals surface area (Å²) >= 11 is 0. The van der Waals surface area contributed by atoms with Crippen molar-refractivity contribution in [2.45, 2.75) is 51.8 Å². The molecule has 5 rings (SSSR count). The predicted molar refractivity (Wildman–Crippen MR) is 144 cm³/mol. The maximum Gasteiger partial charge on any atom is 0.283 e. The number of aryl methyl sites for hydroxylation is 1. The molecule has 0 saturated heterocycles. The van der Waals surface area contributed by atoms with Crippen molar-refractivity contribution in [2.24, 2.45) is 7.05 Å². The zero-order valence-corrected chi connectivity index (χ0v) is 22.0. The van der Waals surface area contributed by atoms with Crippen LogP contribution in [0.4, 0.5) is 14.5 Å². The Morgan fingerprint density at radius 2 is 1.87 bits per heavy atom. The molecule has 39 heavy (non-hydrogen) atoms. The summed E-state index contributed by atoms with van der Waals surface area (Å²) in [7, 11) is 1.52. The van der Waals surface area contributed by atoms with Crippen molar-refractivity contribution in [3.05, 3.63) is 80.5 Å². The molecule has 1 fully saturated rings. The molecule has 1 aliphatic carbocycles. The fraction of sp³-hybridized carbons (Fsp3) is 0.321. The number of carbonyl (C=O) groups excluding carboxylic acids is 1. The van der Waals surface area contributed by atoms with Crippen LogP contribution in [0.3, 0.4) is 0 Å². The van der Waals surface area contributed by atoms with Crippen LogP contribution in [0.15, 0.2) is 52.4 Å². The van der Waals surface area contributed by atoms with Gasteiger partial charge >= 0.3 is 0 Å². The van der Waals surface area contributed by atoms with Crippen molar-refractivity contribution in [2.75, 3.05) is 5.32 Å². The summed E-state index contributed by atoms with van der Waals surface area (Å²) in [4.78, 5) is 40.7. The molecule has 0 aliphatic heterocycles. The standard InChI is InChI=1S/C25H24FN5O4.C3H5F/c1-25(2,3)16-7-14-10-29-31(24(35)21(14)19(26)9-16)22-18(12-32)17(5-6-27-22)15-8-20(28-13-33)23(34)30(4)11-15;4-3-1-2-3/h5-11,13,32H,12H2,1-4H3,(H,28,33);3H,1-2H2. The molecule has 3 aromatic heterocycles. The molecule has 3 heterocycles. The van der Waals surface area contributed by atoms with Crippen molar-refractivity contribution >= 4 is 22.9 Å². The quantitative estimate of drug-likeness (QED) is 0.374. The summed E-state index contributed by atoms with van der Waals surface area (Å²) in [5.74, 6) is -0.645. The van der Waals surface area contributed by atoms with Crippen molar-refractivity contribution in [1.82, 2.24) is 19.3 Å². The molecule has 1 amide bonds. The van der Waals surface area contributed by atoms with Crippen LogP contribution in [0.2, 0.25) is 0 Å². The van der Waals surface area contributed by atoms with Gasteiger partial charge in [-0.2, -0.15) is 9.78 Å². The smallest absolute Gasteiger partial charge is 0.283 e. The normalized spacial score (nSPS) is 13.1. The van der Waals surface area contributed by atoms with E-state index in [9.17, 15) is 23.9 Å². The summed E-state index contributed by atoms with van der Waals surface area (Å²) < 4.78 is 28.4. The number of aromatic nitrogens is 4. The lowest BCUT2D eigenvalue weighted by Crippen LogP contribution is -2.25. The topological polar surface area (TPSA) is 119 Å². The van der Waals surface area contributed by atoms with Crippen molar-refractivity contribution in [3.63, 3.8) is 0 Å². The molecule has 11 heteroatoms. The SMILES string of the molecule is Cn1cc(-c2ccnc(-n3ncc4cc(C(C)(C)C)cc(F)c4c3=O)c2CO)cc(NC=O)c1=O.FC1CC1. The number of carbonyl (C=O) groups is 1. The van der Waals surface area contributed by atoms with Gasteiger partial charge in [-0.25, -0.2) is 13.8 Å². The summed E-state index contributed by atoms with van der Waals surface area (Å²) in [6, 6.07) is 6.14. The van der Waals surface area contributed by atoms with E-state index in [0.717, 1.165) is 23.1 Å². The van der Waals surface area contributed by atoms with Crippen LogP contribution in [0.5, 0.6) is 0 Å². The Kier molecular flexibility index (Phi) is 7.73. The number of halogens is 2. The van der Waals surface area contributed by atoms with Crippen molar-refractivity contribution < 1.29 is 18.7 Å². The first kappa shape index (κ1) is 27.8. The number of nitrogens with one attached hydrogen (secondary N) is 1. The highest BCUT2D eigenvalue weighted by Crippen LogP contribution is 2.29. The van der Waals surface area contributed by atoms with Crippen LogP contribution >= 0.6 is 0 Å². The van der Waals surface area contributed by atoms with Crippen LogP contribution in [-0.4, -0.2) is 37.0 Å². The van der Waals surface area contributed by atoms with E-state index in [0.29, 0.717) is 22.9 Å². The van der Waals surface area contributed by atoms with Gasteiger partial charge in [0, 0.05) is 36.0 Å². The number of fused-ring (bicyclic) bond motifs is 1. The predicted octanol–water partition coefficient (Wildman–Crippen LogP) is 3.76. The monoisotopic (exact) mass is 537 g/mol. The van der Waals surface area contributed by atoms with Crippen molar-refractivity contribution in [1.29, 1.82) is 0 Å². The van der Waals surface area contributed by atoms with E-state index in [1.54, 1.807) is 12.1 Å². The van der Waals surface area contributed by atoms with Gasteiger partial charge in [-0.05, 0) is 53.6 Å². The first-order valence-electron chi connectivity index (χ1n) is 12.3. The molecule has 204 valence electrons. The van der Waals surface area contributed by atoms with Gasteiger partial charge in [0.25, 0.3) is 11.1 Å². The highest BCUT2D eigenvalue weighted by molar-refractivity contribution is 5.83. The van der Waals surface area contributed by atoms with Crippen LogP contribution < -0.4 is 16.4 Å². The maximum absolute atomic E-state index is 15.1. The second-order valence-electron chi connectivity index (χ2n) is 10.3. The highest BCUT2D eigenvalue weighted by atomic mass is 19.1. The molecule has 4 aromatic rings. The zero-order valence-electron chi connectivity index (χ0n) is 22.0. The first-order chi connectivity index (χ1) is 18.5. The number of hydrogen-bond donors (Lipinski definition) is 2. The first-order valence-corrected chi connectivity index (χ1v) is 12.3. The van der Waals surface area contributed by atoms with Gasteiger partial charge in [0.05, 0.1) is 18.2 Å². The van der Waals surface area contributed by atoms with Crippen LogP contribution in [-0.2, 0) is 23.9 Å². The van der Waals surface area contributed by atoms with Crippen molar-refractivity contribution in [3.8, 4) is 16.9 Å². The van der Waals surface area contributed by atoms with Gasteiger partial charge in [0.15, 0.2) is 5.82 Å². The number of amides is 1. The molecule has 9 nitrogen and oxygen atoms in total. The summed E-state index contributed by atoms with van der Waals surface area (Å²) in [5, 5.41) is 17.0. The number of rotatable bonds is 5. The molecule has 0 unspecified atom stereocenters. The Balaban J connectivity index is 0.000000808. The minimum Gasteiger partial charge on any atom is -0.392 e. The average Bonchev–Trinajstić information content (AvgIpc) is 3.68. The fourth-order valence-corrected chi connectivity index (χ4v) is 4.00. The van der Waals surface area contributed by atoms with Gasteiger partial charge in [-0.15, -0.1) is 0 Å². The number of hydrogen-bond acceptors (Lipinski definition) is 6. The Labute approximate surface area is 222 Å². The average molecular weight is 538 g/mol. The van der Waals surface area contributed by atoms with Crippen LogP contribution in [0.25, 0.3) is 27.7 Å². The molecule has 1 aromatic carbocycles. The van der Waals surface area contributed by atoms with Gasteiger partial charge < -0.3 is 15.0 Å². The molecule has 2 N–H and O–H groups in total. The van der Waals surface area contributed by atoms with Gasteiger partial charge in [0.2, 0.25) is 6.41 Å². The van der Waals surface area contributed by atoms with E-state index >= 15 is 4.39 Å². The molecule has 0 bridgehead atoms. The third kappa shape index (κ3) is 5.78. The minimum absolute atomic E-state index is 0.0231. The fourth-order valence-electron chi connectivity index (χ4n) is 4.00. The number of nitrogens with zero attached hydrogens (tertiary/aromatic N) is 4. The second kappa shape index (κ2) is 10.9. The third-order valence-corrected chi connectivity index (χ3v) is 6.31. The van der Waals surface area contributed by atoms with E-state index in [1.807, 2.05) is 20.8 Å². The number of aliphatic hydroxyl groups is 1. The van der Waals surface area contributed by atoms with Crippen LogP contribution in [0, 0.1) is 5.82 Å². The largest absolute Gasteiger partial charge is 0.392 e. The van der Waals surface area contributed by atoms with E-state index in [1.165, 1.54) is 42.3 Å². The lowest BCUT2D eigenvalue weighted by molar-refractivity contribution is -0.105. The van der Waals surface area contributed by atoms with E-state index in [2.05, 4.69) is 15.4 Å². The molecule has 1 saturated carbocycles. The molecule has 0 radical (unpaired) electrons. The Morgan fingerprint density at radius 1 is 1.18 bits per heavy atom. The summed E-state index contributed by atoms with van der Waals surface area (Å²) in [5.41, 5.74) is 0.494. The second-order valence-corrected chi connectivity index (χ2v) is 10.3. The minimum atomic E-state index is -0.719. The number of aliphatic hydroxyl groups excluding tert-OH is 1. The Morgan fingerprint density at radius 3 is 2.46 bits per heavy atom. The molecule has 0 spiro atoms. The summed E-state index contributed by atoms with van der Waals surface area (Å²) in [6.45, 7) is 5.32. The van der Waals surface area contributed by atoms with Gasteiger partial charge in [-0.1, -0.05) is 20.8 Å². The Hall–Kier alpha value is -4.25. The van der Waals surface area contributed by atoms with E-state index < -0.39 is 29.7 Å². The summed E-state index contributed by atoms with van der Waals surface area (Å²) in [6.07, 6.45) is 5.95. The lowest BCUT2D eigenvalue weighted by atomic mass is 9.86. The highest BCUT2D eigenvalue weighted by Gasteiger charge is 2.21. The molecule has 0 atom stereocenters. The Bertz CT molecular complexity index is 1670.